The quantitative estimate of drug-likeness (QED) is 0.559. The molecule has 0 bridgehead atoms. The van der Waals surface area contributed by atoms with Crippen LogP contribution in [0.15, 0.2) is 0 Å². The third-order valence-electron chi connectivity index (χ3n) is 1.91. The Hall–Kier alpha value is 0.310. The van der Waals surface area contributed by atoms with E-state index in [1.54, 1.807) is 0 Å². The van der Waals surface area contributed by atoms with Gasteiger partial charge in [-0.15, -0.1) is 0 Å². The van der Waals surface area contributed by atoms with Gasteiger partial charge in [-0.1, -0.05) is 13.8 Å². The summed E-state index contributed by atoms with van der Waals surface area (Å²) in [5.74, 6) is 2.23. The van der Waals surface area contributed by atoms with Gasteiger partial charge in [0.2, 0.25) is 0 Å². The van der Waals surface area contributed by atoms with Gasteiger partial charge in [0.05, 0.1) is 6.10 Å². The zero-order valence-corrected chi connectivity index (χ0v) is 6.87. The lowest BCUT2D eigenvalue weighted by molar-refractivity contribution is 0.0601. The van der Waals surface area contributed by atoms with Gasteiger partial charge >= 0.3 is 0 Å². The zero-order valence-electron chi connectivity index (χ0n) is 6.05. The van der Waals surface area contributed by atoms with E-state index < -0.39 is 0 Å². The average Bonchev–Trinajstić information content (AvgIpc) is 1.77. The van der Waals surface area contributed by atoms with Crippen molar-refractivity contribution in [2.24, 2.45) is 5.41 Å². The number of hydrogen-bond donors (Lipinski definition) is 1. The van der Waals surface area contributed by atoms with E-state index in [0.717, 1.165) is 17.9 Å². The fourth-order valence-corrected chi connectivity index (χ4v) is 2.27. The lowest BCUT2D eigenvalue weighted by Crippen LogP contribution is -2.35. The summed E-state index contributed by atoms with van der Waals surface area (Å²) in [4.78, 5) is 0. The van der Waals surface area contributed by atoms with Crippen LogP contribution in [-0.2, 0) is 0 Å². The van der Waals surface area contributed by atoms with Crippen LogP contribution in [0, 0.1) is 5.41 Å². The topological polar surface area (TPSA) is 20.2 Å². The minimum absolute atomic E-state index is 0.0706. The summed E-state index contributed by atoms with van der Waals surface area (Å²) >= 11 is 1.95. The molecule has 1 heterocycles. The van der Waals surface area contributed by atoms with E-state index in [4.69, 9.17) is 0 Å². The van der Waals surface area contributed by atoms with Crippen LogP contribution >= 0.6 is 11.8 Å². The van der Waals surface area contributed by atoms with Gasteiger partial charge in [-0.3, -0.25) is 0 Å². The third-order valence-corrected chi connectivity index (χ3v) is 3.38. The molecule has 0 aromatic rings. The van der Waals surface area contributed by atoms with Gasteiger partial charge in [-0.05, 0) is 17.6 Å². The van der Waals surface area contributed by atoms with Crippen LogP contribution in [0.3, 0.4) is 0 Å². The molecule has 0 aromatic heterocycles. The molecule has 1 fully saturated rings. The standard InChI is InChI=1S/C7H14OS/c1-7(2)5-9-4-3-6(7)8/h6,8H,3-5H2,1-2H3/t6-/m1/s1. The summed E-state index contributed by atoms with van der Waals surface area (Å²) in [5.41, 5.74) is 0.156. The molecule has 0 spiro atoms. The lowest BCUT2D eigenvalue weighted by Gasteiger charge is -2.34. The molecule has 1 aliphatic rings. The summed E-state index contributed by atoms with van der Waals surface area (Å²) in [6.45, 7) is 4.26. The first-order valence-electron chi connectivity index (χ1n) is 3.39. The van der Waals surface area contributed by atoms with Crippen molar-refractivity contribution >= 4 is 11.8 Å². The number of aliphatic hydroxyl groups is 1. The molecule has 2 heteroatoms. The first-order valence-corrected chi connectivity index (χ1v) is 4.54. The molecule has 0 amide bonds. The Bertz CT molecular complexity index is 101. The molecule has 1 atom stereocenters. The summed E-state index contributed by atoms with van der Waals surface area (Å²) in [5, 5.41) is 9.42. The fourth-order valence-electron chi connectivity index (χ4n) is 1.02. The second kappa shape index (κ2) is 2.51. The van der Waals surface area contributed by atoms with Gasteiger partial charge in [0.1, 0.15) is 0 Å². The molecule has 1 aliphatic heterocycles. The Labute approximate surface area is 60.8 Å². The maximum atomic E-state index is 9.42. The average molecular weight is 146 g/mol. The van der Waals surface area contributed by atoms with E-state index in [-0.39, 0.29) is 11.5 Å². The van der Waals surface area contributed by atoms with Crippen LogP contribution < -0.4 is 0 Å². The molecule has 1 rings (SSSR count). The number of thioether (sulfide) groups is 1. The van der Waals surface area contributed by atoms with Crippen molar-refractivity contribution in [3.8, 4) is 0 Å². The number of rotatable bonds is 0. The van der Waals surface area contributed by atoms with Crippen molar-refractivity contribution in [2.75, 3.05) is 11.5 Å². The monoisotopic (exact) mass is 146 g/mol. The molecular formula is C7H14OS. The fraction of sp³-hybridized carbons (Fsp3) is 1.00. The van der Waals surface area contributed by atoms with Gasteiger partial charge in [-0.25, -0.2) is 0 Å². The van der Waals surface area contributed by atoms with Crippen molar-refractivity contribution in [2.45, 2.75) is 26.4 Å². The van der Waals surface area contributed by atoms with Gasteiger partial charge in [-0.2, -0.15) is 11.8 Å². The highest BCUT2D eigenvalue weighted by atomic mass is 32.2. The van der Waals surface area contributed by atoms with Gasteiger partial charge in [0.25, 0.3) is 0 Å². The number of hydrogen-bond acceptors (Lipinski definition) is 2. The van der Waals surface area contributed by atoms with Crippen molar-refractivity contribution < 1.29 is 5.11 Å². The van der Waals surface area contributed by atoms with Crippen molar-refractivity contribution in [1.29, 1.82) is 0 Å². The van der Waals surface area contributed by atoms with Crippen LogP contribution in [0.2, 0.25) is 0 Å². The molecule has 0 saturated carbocycles. The summed E-state index contributed by atoms with van der Waals surface area (Å²) in [6.07, 6.45) is 0.899. The van der Waals surface area contributed by atoms with E-state index >= 15 is 0 Å². The van der Waals surface area contributed by atoms with Crippen molar-refractivity contribution in [3.63, 3.8) is 0 Å². The highest BCUT2D eigenvalue weighted by Crippen LogP contribution is 2.33. The van der Waals surface area contributed by atoms with E-state index in [1.807, 2.05) is 11.8 Å². The van der Waals surface area contributed by atoms with Crippen LogP contribution in [-0.4, -0.2) is 22.7 Å². The number of aliphatic hydroxyl groups excluding tert-OH is 1. The summed E-state index contributed by atoms with van der Waals surface area (Å²) < 4.78 is 0. The van der Waals surface area contributed by atoms with Crippen LogP contribution in [0.1, 0.15) is 20.3 Å². The zero-order chi connectivity index (χ0) is 6.91. The molecule has 1 N–H and O–H groups in total. The highest BCUT2D eigenvalue weighted by Gasteiger charge is 2.30. The predicted octanol–water partition coefficient (Wildman–Crippen LogP) is 1.51. The van der Waals surface area contributed by atoms with E-state index in [0.29, 0.717) is 0 Å². The largest absolute Gasteiger partial charge is 0.393 e. The Morgan fingerprint density at radius 1 is 1.56 bits per heavy atom. The second-order valence-corrected chi connectivity index (χ2v) is 4.45. The van der Waals surface area contributed by atoms with Crippen LogP contribution in [0.4, 0.5) is 0 Å². The van der Waals surface area contributed by atoms with Gasteiger partial charge in [0.15, 0.2) is 0 Å². The van der Waals surface area contributed by atoms with E-state index in [9.17, 15) is 5.11 Å². The Morgan fingerprint density at radius 2 is 2.22 bits per heavy atom. The van der Waals surface area contributed by atoms with Crippen molar-refractivity contribution in [3.05, 3.63) is 0 Å². The maximum absolute atomic E-state index is 9.42. The van der Waals surface area contributed by atoms with Crippen LogP contribution in [0.25, 0.3) is 0 Å². The molecule has 0 unspecified atom stereocenters. The molecule has 0 aromatic carbocycles. The third kappa shape index (κ3) is 1.62. The lowest BCUT2D eigenvalue weighted by atomic mass is 9.87. The minimum atomic E-state index is -0.0706. The van der Waals surface area contributed by atoms with E-state index in [2.05, 4.69) is 13.8 Å². The normalized spacial score (nSPS) is 34.3. The van der Waals surface area contributed by atoms with E-state index in [1.165, 1.54) is 0 Å². The Balaban J connectivity index is 2.49. The van der Waals surface area contributed by atoms with Crippen LogP contribution in [0.5, 0.6) is 0 Å². The second-order valence-electron chi connectivity index (χ2n) is 3.35. The SMILES string of the molecule is CC1(C)CSCC[C@H]1O. The Kier molecular flexibility index (Phi) is 2.07. The molecular weight excluding hydrogens is 132 g/mol. The van der Waals surface area contributed by atoms with Gasteiger partial charge < -0.3 is 5.11 Å². The van der Waals surface area contributed by atoms with Gasteiger partial charge in [0, 0.05) is 5.75 Å². The summed E-state index contributed by atoms with van der Waals surface area (Å²) in [6, 6.07) is 0. The predicted molar refractivity (Wildman–Crippen MR) is 41.7 cm³/mol. The summed E-state index contributed by atoms with van der Waals surface area (Å²) in [7, 11) is 0. The maximum Gasteiger partial charge on any atom is 0.0606 e. The molecule has 1 saturated heterocycles. The molecule has 0 radical (unpaired) electrons. The Morgan fingerprint density at radius 3 is 2.56 bits per heavy atom. The molecule has 54 valence electrons. The van der Waals surface area contributed by atoms with Crippen molar-refractivity contribution in [1.82, 2.24) is 0 Å². The molecule has 9 heavy (non-hydrogen) atoms. The molecule has 0 aliphatic carbocycles. The molecule has 1 nitrogen and oxygen atoms in total. The minimum Gasteiger partial charge on any atom is -0.393 e. The first-order chi connectivity index (χ1) is 4.13. The first kappa shape index (κ1) is 7.42. The smallest absolute Gasteiger partial charge is 0.0606 e. The highest BCUT2D eigenvalue weighted by molar-refractivity contribution is 7.99.